The largest absolute Gasteiger partial charge is 0.497 e. The topological polar surface area (TPSA) is 50.4 Å². The van der Waals surface area contributed by atoms with E-state index >= 15 is 0 Å². The third-order valence-electron chi connectivity index (χ3n) is 4.19. The SMILES string of the molecule is CCCC1(C(=O)NCCc2cccc(OC)c2)CCCN1. The van der Waals surface area contributed by atoms with Gasteiger partial charge in [-0.2, -0.15) is 0 Å². The smallest absolute Gasteiger partial charge is 0.240 e. The van der Waals surface area contributed by atoms with Gasteiger partial charge in [-0.15, -0.1) is 0 Å². The molecule has 0 aromatic heterocycles. The lowest BCUT2D eigenvalue weighted by molar-refractivity contribution is -0.127. The normalized spacial score (nSPS) is 21.2. The molecule has 1 unspecified atom stereocenters. The molecule has 116 valence electrons. The molecule has 0 bridgehead atoms. The number of benzene rings is 1. The van der Waals surface area contributed by atoms with Crippen molar-refractivity contribution in [3.05, 3.63) is 29.8 Å². The van der Waals surface area contributed by atoms with Crippen LogP contribution < -0.4 is 15.4 Å². The minimum Gasteiger partial charge on any atom is -0.497 e. The summed E-state index contributed by atoms with van der Waals surface area (Å²) in [5.41, 5.74) is 0.849. The molecule has 1 aromatic carbocycles. The molecule has 1 atom stereocenters. The minimum absolute atomic E-state index is 0.157. The Morgan fingerprint density at radius 1 is 1.48 bits per heavy atom. The highest BCUT2D eigenvalue weighted by Gasteiger charge is 2.39. The third kappa shape index (κ3) is 3.97. The van der Waals surface area contributed by atoms with Gasteiger partial charge in [0.05, 0.1) is 12.6 Å². The number of carbonyl (C=O) groups is 1. The van der Waals surface area contributed by atoms with Gasteiger partial charge >= 0.3 is 0 Å². The molecule has 0 spiro atoms. The molecule has 1 aromatic rings. The molecular weight excluding hydrogens is 264 g/mol. The van der Waals surface area contributed by atoms with Crippen LogP contribution in [0.3, 0.4) is 0 Å². The van der Waals surface area contributed by atoms with Gasteiger partial charge in [-0.3, -0.25) is 4.79 Å². The van der Waals surface area contributed by atoms with Crippen LogP contribution in [0.5, 0.6) is 5.75 Å². The standard InChI is InChI=1S/C17H26N2O2/c1-3-9-17(10-5-11-19-17)16(20)18-12-8-14-6-4-7-15(13-14)21-2/h4,6-7,13,19H,3,5,8-12H2,1-2H3,(H,18,20). The quantitative estimate of drug-likeness (QED) is 0.810. The fraction of sp³-hybridized carbons (Fsp3) is 0.588. The highest BCUT2D eigenvalue weighted by molar-refractivity contribution is 5.86. The van der Waals surface area contributed by atoms with Gasteiger partial charge in [0.15, 0.2) is 0 Å². The fourth-order valence-electron chi connectivity index (χ4n) is 3.07. The average Bonchev–Trinajstić information content (AvgIpc) is 2.98. The van der Waals surface area contributed by atoms with Gasteiger partial charge in [0.25, 0.3) is 0 Å². The monoisotopic (exact) mass is 290 g/mol. The summed E-state index contributed by atoms with van der Waals surface area (Å²) < 4.78 is 5.21. The third-order valence-corrected chi connectivity index (χ3v) is 4.19. The molecule has 1 saturated heterocycles. The first-order chi connectivity index (χ1) is 10.2. The summed E-state index contributed by atoms with van der Waals surface area (Å²) in [6.45, 7) is 3.74. The van der Waals surface area contributed by atoms with Crippen LogP contribution in [-0.2, 0) is 11.2 Å². The predicted octanol–water partition coefficient (Wildman–Crippen LogP) is 2.28. The summed E-state index contributed by atoms with van der Waals surface area (Å²) >= 11 is 0. The van der Waals surface area contributed by atoms with Crippen molar-refractivity contribution in [1.82, 2.24) is 10.6 Å². The molecular formula is C17H26N2O2. The second-order valence-corrected chi connectivity index (χ2v) is 5.72. The molecule has 1 fully saturated rings. The van der Waals surface area contributed by atoms with Crippen LogP contribution in [-0.4, -0.2) is 31.6 Å². The van der Waals surface area contributed by atoms with E-state index < -0.39 is 0 Å². The van der Waals surface area contributed by atoms with Gasteiger partial charge in [0, 0.05) is 6.54 Å². The summed E-state index contributed by atoms with van der Waals surface area (Å²) in [5.74, 6) is 1.02. The summed E-state index contributed by atoms with van der Waals surface area (Å²) in [6, 6.07) is 7.99. The number of amides is 1. The van der Waals surface area contributed by atoms with E-state index in [1.807, 2.05) is 18.2 Å². The Balaban J connectivity index is 1.85. The van der Waals surface area contributed by atoms with Crippen molar-refractivity contribution in [2.24, 2.45) is 0 Å². The maximum atomic E-state index is 12.5. The predicted molar refractivity (Wildman–Crippen MR) is 84.6 cm³/mol. The van der Waals surface area contributed by atoms with Crippen molar-refractivity contribution in [1.29, 1.82) is 0 Å². The number of carbonyl (C=O) groups excluding carboxylic acids is 1. The molecule has 1 aliphatic heterocycles. The molecule has 2 N–H and O–H groups in total. The van der Waals surface area contributed by atoms with Crippen molar-refractivity contribution < 1.29 is 9.53 Å². The summed E-state index contributed by atoms with van der Waals surface area (Å²) in [7, 11) is 1.67. The second kappa shape index (κ2) is 7.46. The zero-order valence-electron chi connectivity index (χ0n) is 13.1. The van der Waals surface area contributed by atoms with Crippen molar-refractivity contribution in [2.75, 3.05) is 20.2 Å². The average molecular weight is 290 g/mol. The van der Waals surface area contributed by atoms with Crippen molar-refractivity contribution in [2.45, 2.75) is 44.6 Å². The summed E-state index contributed by atoms with van der Waals surface area (Å²) in [5, 5.41) is 6.50. The molecule has 4 heteroatoms. The molecule has 0 radical (unpaired) electrons. The summed E-state index contributed by atoms with van der Waals surface area (Å²) in [4.78, 5) is 12.5. The number of hydrogen-bond acceptors (Lipinski definition) is 3. The molecule has 2 rings (SSSR count). The molecule has 1 aliphatic rings. The van der Waals surface area contributed by atoms with Crippen molar-refractivity contribution >= 4 is 5.91 Å². The first kappa shape index (κ1) is 15.8. The van der Waals surface area contributed by atoms with E-state index in [4.69, 9.17) is 4.74 Å². The fourth-order valence-corrected chi connectivity index (χ4v) is 3.07. The van der Waals surface area contributed by atoms with Crippen LogP contribution >= 0.6 is 0 Å². The van der Waals surface area contributed by atoms with Crippen LogP contribution in [0.2, 0.25) is 0 Å². The van der Waals surface area contributed by atoms with Crippen molar-refractivity contribution in [3.8, 4) is 5.75 Å². The number of ether oxygens (including phenoxy) is 1. The molecule has 0 saturated carbocycles. The maximum absolute atomic E-state index is 12.5. The molecule has 21 heavy (non-hydrogen) atoms. The highest BCUT2D eigenvalue weighted by Crippen LogP contribution is 2.24. The van der Waals surface area contributed by atoms with Crippen LogP contribution in [0.15, 0.2) is 24.3 Å². The lowest BCUT2D eigenvalue weighted by Crippen LogP contribution is -2.53. The second-order valence-electron chi connectivity index (χ2n) is 5.72. The Morgan fingerprint density at radius 3 is 3.00 bits per heavy atom. The highest BCUT2D eigenvalue weighted by atomic mass is 16.5. The first-order valence-corrected chi connectivity index (χ1v) is 7.86. The van der Waals surface area contributed by atoms with E-state index in [0.717, 1.165) is 44.4 Å². The first-order valence-electron chi connectivity index (χ1n) is 7.86. The maximum Gasteiger partial charge on any atom is 0.240 e. The van der Waals surface area contributed by atoms with Gasteiger partial charge in [-0.05, 0) is 49.9 Å². The van der Waals surface area contributed by atoms with E-state index in [9.17, 15) is 4.79 Å². The zero-order chi connectivity index (χ0) is 15.1. The number of hydrogen-bond donors (Lipinski definition) is 2. The zero-order valence-corrected chi connectivity index (χ0v) is 13.1. The van der Waals surface area contributed by atoms with E-state index in [2.05, 4.69) is 23.6 Å². The molecule has 1 amide bonds. The summed E-state index contributed by atoms with van der Waals surface area (Å²) in [6.07, 6.45) is 4.80. The van der Waals surface area contributed by atoms with E-state index in [1.54, 1.807) is 7.11 Å². The van der Waals surface area contributed by atoms with Gasteiger partial charge in [0.1, 0.15) is 5.75 Å². The van der Waals surface area contributed by atoms with Crippen LogP contribution in [0.1, 0.15) is 38.2 Å². The lowest BCUT2D eigenvalue weighted by Gasteiger charge is -2.27. The molecule has 0 aliphatic carbocycles. The van der Waals surface area contributed by atoms with Crippen LogP contribution in [0.25, 0.3) is 0 Å². The van der Waals surface area contributed by atoms with Gasteiger partial charge in [-0.1, -0.05) is 25.5 Å². The Labute approximate surface area is 127 Å². The number of nitrogens with one attached hydrogen (secondary N) is 2. The van der Waals surface area contributed by atoms with Gasteiger partial charge in [0.2, 0.25) is 5.91 Å². The van der Waals surface area contributed by atoms with E-state index in [0.29, 0.717) is 6.54 Å². The van der Waals surface area contributed by atoms with E-state index in [-0.39, 0.29) is 11.4 Å². The lowest BCUT2D eigenvalue weighted by atomic mass is 9.91. The Morgan fingerprint density at radius 2 is 2.33 bits per heavy atom. The molecule has 4 nitrogen and oxygen atoms in total. The van der Waals surface area contributed by atoms with Gasteiger partial charge in [-0.25, -0.2) is 0 Å². The Bertz CT molecular complexity index is 468. The molecule has 1 heterocycles. The van der Waals surface area contributed by atoms with E-state index in [1.165, 1.54) is 5.56 Å². The minimum atomic E-state index is -0.330. The Kier molecular flexibility index (Phi) is 5.62. The Hall–Kier alpha value is -1.55. The van der Waals surface area contributed by atoms with Crippen LogP contribution in [0.4, 0.5) is 0 Å². The number of rotatable bonds is 7. The van der Waals surface area contributed by atoms with Crippen molar-refractivity contribution in [3.63, 3.8) is 0 Å². The van der Waals surface area contributed by atoms with Gasteiger partial charge < -0.3 is 15.4 Å². The number of methoxy groups -OCH3 is 1. The van der Waals surface area contributed by atoms with Crippen LogP contribution in [0, 0.1) is 0 Å².